The average molecular weight is 236 g/mol. The molecule has 94 valence electrons. The molecule has 2 bridgehead atoms. The Labute approximate surface area is 102 Å². The first-order chi connectivity index (χ1) is 8.42. The first-order valence-corrected chi connectivity index (χ1v) is 6.96. The number of carbonyl (C=O) groups excluding carboxylic acids is 1. The molecule has 3 aliphatic heterocycles. The van der Waals surface area contributed by atoms with Crippen molar-refractivity contribution >= 4 is 6.41 Å². The summed E-state index contributed by atoms with van der Waals surface area (Å²) >= 11 is 0. The van der Waals surface area contributed by atoms with Gasteiger partial charge in [-0.3, -0.25) is 9.69 Å². The van der Waals surface area contributed by atoms with E-state index in [1.807, 2.05) is 0 Å². The molecule has 0 N–H and O–H groups in total. The van der Waals surface area contributed by atoms with E-state index in [1.165, 1.54) is 19.3 Å². The first-order valence-electron chi connectivity index (χ1n) is 6.96. The quantitative estimate of drug-likeness (QED) is 0.648. The molecule has 0 radical (unpaired) electrons. The van der Waals surface area contributed by atoms with E-state index in [-0.39, 0.29) is 0 Å². The van der Waals surface area contributed by atoms with Crippen molar-refractivity contribution in [3.05, 3.63) is 0 Å². The monoisotopic (exact) mass is 236 g/mol. The summed E-state index contributed by atoms with van der Waals surface area (Å²) in [6, 6.07) is 1.89. The molecule has 3 saturated heterocycles. The molecule has 4 fully saturated rings. The zero-order valence-electron chi connectivity index (χ0n) is 10.1. The lowest BCUT2D eigenvalue weighted by molar-refractivity contribution is -0.123. The van der Waals surface area contributed by atoms with E-state index < -0.39 is 0 Å². The third-order valence-electron chi connectivity index (χ3n) is 5.34. The Morgan fingerprint density at radius 3 is 2.29 bits per heavy atom. The van der Waals surface area contributed by atoms with Crippen LogP contribution in [0.1, 0.15) is 19.3 Å². The minimum absolute atomic E-state index is 0.559. The lowest BCUT2D eigenvalue weighted by atomic mass is 9.97. The second kappa shape index (κ2) is 3.69. The highest BCUT2D eigenvalue weighted by Crippen LogP contribution is 2.60. The van der Waals surface area contributed by atoms with Crippen molar-refractivity contribution in [2.75, 3.05) is 26.3 Å². The van der Waals surface area contributed by atoms with Gasteiger partial charge in [-0.2, -0.15) is 0 Å². The third kappa shape index (κ3) is 1.34. The Kier molecular flexibility index (Phi) is 2.24. The van der Waals surface area contributed by atoms with Crippen molar-refractivity contribution in [1.29, 1.82) is 0 Å². The maximum atomic E-state index is 11.2. The van der Waals surface area contributed by atoms with Gasteiger partial charge in [0.2, 0.25) is 6.41 Å². The van der Waals surface area contributed by atoms with Crippen molar-refractivity contribution in [2.45, 2.75) is 37.4 Å². The molecule has 4 heteroatoms. The fourth-order valence-electron chi connectivity index (χ4n) is 4.69. The van der Waals surface area contributed by atoms with Crippen LogP contribution in [0, 0.1) is 11.8 Å². The molecular weight excluding hydrogens is 216 g/mol. The van der Waals surface area contributed by atoms with E-state index in [1.54, 1.807) is 0 Å². The van der Waals surface area contributed by atoms with Crippen LogP contribution >= 0.6 is 0 Å². The van der Waals surface area contributed by atoms with E-state index in [0.29, 0.717) is 12.1 Å². The predicted octanol–water partition coefficient (Wildman–Crippen LogP) is 0.326. The molecule has 4 rings (SSSR count). The molecule has 5 atom stereocenters. The Morgan fingerprint density at radius 2 is 1.71 bits per heavy atom. The number of piperidine rings is 2. The van der Waals surface area contributed by atoms with Crippen molar-refractivity contribution in [2.24, 2.45) is 11.8 Å². The first kappa shape index (κ1) is 10.3. The molecule has 0 spiro atoms. The van der Waals surface area contributed by atoms with Crippen LogP contribution in [0.5, 0.6) is 0 Å². The molecule has 1 amide bonds. The highest BCUT2D eigenvalue weighted by molar-refractivity contribution is 5.52. The normalized spacial score (nSPS) is 48.9. The number of nitrogens with zero attached hydrogens (tertiary/aromatic N) is 2. The number of amides is 1. The van der Waals surface area contributed by atoms with Gasteiger partial charge in [0.1, 0.15) is 0 Å². The van der Waals surface area contributed by atoms with Crippen LogP contribution in [0.4, 0.5) is 0 Å². The van der Waals surface area contributed by atoms with Gasteiger partial charge in [0, 0.05) is 43.1 Å². The zero-order valence-corrected chi connectivity index (χ0v) is 10.1. The second-order valence-corrected chi connectivity index (χ2v) is 5.91. The van der Waals surface area contributed by atoms with E-state index in [2.05, 4.69) is 9.80 Å². The Bertz CT molecular complexity index is 311. The number of morpholine rings is 1. The summed E-state index contributed by atoms with van der Waals surface area (Å²) in [5, 5.41) is 0. The fourth-order valence-corrected chi connectivity index (χ4v) is 4.69. The van der Waals surface area contributed by atoms with Crippen molar-refractivity contribution in [3.8, 4) is 0 Å². The molecule has 0 aromatic rings. The SMILES string of the molecule is O=CN1[C@@H]2CCC[C@H]1[C@@H]1C(N3CCOCC3)[C@@H]12. The Balaban J connectivity index is 1.52. The van der Waals surface area contributed by atoms with Crippen molar-refractivity contribution < 1.29 is 9.53 Å². The van der Waals surface area contributed by atoms with E-state index in [4.69, 9.17) is 4.74 Å². The summed E-state index contributed by atoms with van der Waals surface area (Å²) in [5.41, 5.74) is 0. The van der Waals surface area contributed by atoms with Gasteiger partial charge in [0.25, 0.3) is 0 Å². The van der Waals surface area contributed by atoms with Crippen molar-refractivity contribution in [1.82, 2.24) is 9.80 Å². The third-order valence-corrected chi connectivity index (χ3v) is 5.34. The van der Waals surface area contributed by atoms with E-state index in [0.717, 1.165) is 50.6 Å². The lowest BCUT2D eigenvalue weighted by Crippen LogP contribution is -2.49. The van der Waals surface area contributed by atoms with Crippen LogP contribution in [-0.2, 0) is 9.53 Å². The maximum absolute atomic E-state index is 11.2. The second-order valence-electron chi connectivity index (χ2n) is 5.91. The topological polar surface area (TPSA) is 32.8 Å². The number of hydrogen-bond donors (Lipinski definition) is 0. The van der Waals surface area contributed by atoms with Gasteiger partial charge in [0.05, 0.1) is 13.2 Å². The fraction of sp³-hybridized carbons (Fsp3) is 0.923. The summed E-state index contributed by atoms with van der Waals surface area (Å²) in [6.07, 6.45) is 4.90. The summed E-state index contributed by atoms with van der Waals surface area (Å²) in [5.74, 6) is 1.57. The molecule has 1 aliphatic carbocycles. The van der Waals surface area contributed by atoms with Crippen LogP contribution in [0.2, 0.25) is 0 Å². The number of carbonyl (C=O) groups is 1. The molecule has 1 saturated carbocycles. The Morgan fingerprint density at radius 1 is 1.06 bits per heavy atom. The van der Waals surface area contributed by atoms with Gasteiger partial charge in [0.15, 0.2) is 0 Å². The molecular formula is C13H20N2O2. The lowest BCUT2D eigenvalue weighted by Gasteiger charge is -2.39. The minimum atomic E-state index is 0.559. The van der Waals surface area contributed by atoms with Gasteiger partial charge < -0.3 is 9.64 Å². The van der Waals surface area contributed by atoms with Gasteiger partial charge >= 0.3 is 0 Å². The van der Waals surface area contributed by atoms with Crippen LogP contribution < -0.4 is 0 Å². The molecule has 0 aromatic carbocycles. The predicted molar refractivity (Wildman–Crippen MR) is 62.5 cm³/mol. The smallest absolute Gasteiger partial charge is 0.210 e. The number of fused-ring (bicyclic) bond motifs is 5. The molecule has 4 aliphatic rings. The number of ether oxygens (including phenoxy) is 1. The van der Waals surface area contributed by atoms with Gasteiger partial charge in [-0.05, 0) is 19.3 Å². The van der Waals surface area contributed by atoms with Gasteiger partial charge in [-0.25, -0.2) is 0 Å². The molecule has 1 unspecified atom stereocenters. The summed E-state index contributed by atoms with van der Waals surface area (Å²) < 4.78 is 5.43. The summed E-state index contributed by atoms with van der Waals surface area (Å²) in [7, 11) is 0. The standard InChI is InChI=1S/C13H20N2O2/c16-8-15-9-2-1-3-10(15)12-11(9)13(12)14-4-6-17-7-5-14/h8-13H,1-7H2/t9-,10+,11-,12+,13?. The van der Waals surface area contributed by atoms with Gasteiger partial charge in [-0.15, -0.1) is 0 Å². The largest absolute Gasteiger partial charge is 0.379 e. The number of rotatable bonds is 2. The van der Waals surface area contributed by atoms with Crippen LogP contribution in [0.15, 0.2) is 0 Å². The van der Waals surface area contributed by atoms with E-state index in [9.17, 15) is 4.79 Å². The summed E-state index contributed by atoms with van der Waals surface area (Å²) in [4.78, 5) is 15.9. The minimum Gasteiger partial charge on any atom is -0.379 e. The number of hydrogen-bond acceptors (Lipinski definition) is 3. The molecule has 4 nitrogen and oxygen atoms in total. The highest BCUT2D eigenvalue weighted by Gasteiger charge is 2.68. The molecule has 0 aromatic heterocycles. The van der Waals surface area contributed by atoms with Crippen LogP contribution in [-0.4, -0.2) is 60.6 Å². The molecule has 17 heavy (non-hydrogen) atoms. The average Bonchev–Trinajstić information content (AvgIpc) is 3.09. The van der Waals surface area contributed by atoms with Gasteiger partial charge in [-0.1, -0.05) is 0 Å². The summed E-state index contributed by atoms with van der Waals surface area (Å²) in [6.45, 7) is 3.97. The maximum Gasteiger partial charge on any atom is 0.210 e. The van der Waals surface area contributed by atoms with Crippen LogP contribution in [0.25, 0.3) is 0 Å². The Hall–Kier alpha value is -0.610. The highest BCUT2D eigenvalue weighted by atomic mass is 16.5. The van der Waals surface area contributed by atoms with Crippen molar-refractivity contribution in [3.63, 3.8) is 0 Å². The van der Waals surface area contributed by atoms with Crippen LogP contribution in [0.3, 0.4) is 0 Å². The zero-order chi connectivity index (χ0) is 11.4. The van der Waals surface area contributed by atoms with E-state index >= 15 is 0 Å². The molecule has 3 heterocycles.